The van der Waals surface area contributed by atoms with Crippen LogP contribution >= 0.6 is 0 Å². The fourth-order valence-corrected chi connectivity index (χ4v) is 2.76. The van der Waals surface area contributed by atoms with Gasteiger partial charge >= 0.3 is 0 Å². The van der Waals surface area contributed by atoms with Gasteiger partial charge < -0.3 is 20.3 Å². The van der Waals surface area contributed by atoms with Gasteiger partial charge in [-0.15, -0.1) is 0 Å². The zero-order chi connectivity index (χ0) is 22.0. The Morgan fingerprint density at radius 3 is 2.30 bits per heavy atom. The number of anilines is 1. The van der Waals surface area contributed by atoms with Crippen LogP contribution in [0.15, 0.2) is 48.5 Å². The highest BCUT2D eigenvalue weighted by Crippen LogP contribution is 2.37. The van der Waals surface area contributed by atoms with Crippen molar-refractivity contribution in [3.05, 3.63) is 75.8 Å². The van der Waals surface area contributed by atoms with Gasteiger partial charge in [0.15, 0.2) is 11.5 Å². The van der Waals surface area contributed by atoms with Gasteiger partial charge in [0.1, 0.15) is 17.3 Å². The van der Waals surface area contributed by atoms with Gasteiger partial charge in [0.05, 0.1) is 12.0 Å². The minimum atomic E-state index is -0.842. The average Bonchev–Trinajstić information content (AvgIpc) is 2.69. The number of methoxy groups -OCH3 is 1. The Morgan fingerprint density at radius 1 is 1.03 bits per heavy atom. The van der Waals surface area contributed by atoms with Gasteiger partial charge in [-0.1, -0.05) is 6.07 Å². The van der Waals surface area contributed by atoms with Crippen LogP contribution in [-0.4, -0.2) is 28.2 Å². The van der Waals surface area contributed by atoms with Crippen molar-refractivity contribution in [3.8, 4) is 28.4 Å². The molecule has 0 spiro atoms. The standard InChI is InChI=1S/C20H14F2N2O6/c1-30-18-8-12(7-17(25)19(18)26)20(27)23-15-3-2-10(6-16(15)24(28)29)11-4-13(21)9-14(22)5-11/h2-9,25-26H,1H3,(H,23,27). The highest BCUT2D eigenvalue weighted by molar-refractivity contribution is 6.06. The van der Waals surface area contributed by atoms with Gasteiger partial charge in [-0.05, 0) is 41.5 Å². The maximum absolute atomic E-state index is 13.5. The molecule has 0 aliphatic heterocycles. The molecule has 30 heavy (non-hydrogen) atoms. The van der Waals surface area contributed by atoms with Crippen molar-refractivity contribution >= 4 is 17.3 Å². The Morgan fingerprint density at radius 2 is 1.70 bits per heavy atom. The van der Waals surface area contributed by atoms with E-state index in [2.05, 4.69) is 5.32 Å². The Bertz CT molecular complexity index is 1150. The predicted molar refractivity (Wildman–Crippen MR) is 103 cm³/mol. The van der Waals surface area contributed by atoms with Gasteiger partial charge in [-0.3, -0.25) is 14.9 Å². The third-order valence-corrected chi connectivity index (χ3v) is 4.18. The van der Waals surface area contributed by atoms with Crippen LogP contribution in [0.25, 0.3) is 11.1 Å². The number of nitro groups is 1. The van der Waals surface area contributed by atoms with Crippen molar-refractivity contribution < 1.29 is 33.4 Å². The number of halogens is 2. The van der Waals surface area contributed by atoms with E-state index >= 15 is 0 Å². The molecule has 0 fully saturated rings. The molecule has 0 aromatic heterocycles. The lowest BCUT2D eigenvalue weighted by Gasteiger charge is -2.11. The van der Waals surface area contributed by atoms with Gasteiger partial charge in [-0.25, -0.2) is 8.78 Å². The molecule has 3 aromatic carbocycles. The third-order valence-electron chi connectivity index (χ3n) is 4.18. The monoisotopic (exact) mass is 416 g/mol. The van der Waals surface area contributed by atoms with E-state index in [1.807, 2.05) is 0 Å². The smallest absolute Gasteiger partial charge is 0.293 e. The Kier molecular flexibility index (Phi) is 5.50. The zero-order valence-electron chi connectivity index (χ0n) is 15.3. The number of nitrogens with zero attached hydrogens (tertiary/aromatic N) is 1. The topological polar surface area (TPSA) is 122 Å². The number of carbonyl (C=O) groups is 1. The summed E-state index contributed by atoms with van der Waals surface area (Å²) < 4.78 is 31.8. The maximum atomic E-state index is 13.5. The number of phenolic OH excluding ortho intramolecular Hbond substituents is 2. The quantitative estimate of drug-likeness (QED) is 0.325. The van der Waals surface area contributed by atoms with E-state index in [0.29, 0.717) is 6.07 Å². The van der Waals surface area contributed by atoms with Crippen LogP contribution in [-0.2, 0) is 0 Å². The number of hydrogen-bond acceptors (Lipinski definition) is 6. The second-order valence-corrected chi connectivity index (χ2v) is 6.15. The highest BCUT2D eigenvalue weighted by atomic mass is 19.1. The van der Waals surface area contributed by atoms with Crippen LogP contribution < -0.4 is 10.1 Å². The molecule has 0 radical (unpaired) electrons. The summed E-state index contributed by atoms with van der Waals surface area (Å²) in [5.74, 6) is -3.85. The first kappa shape index (κ1) is 20.5. The molecule has 154 valence electrons. The number of ether oxygens (including phenoxy) is 1. The van der Waals surface area contributed by atoms with Crippen molar-refractivity contribution in [2.75, 3.05) is 12.4 Å². The van der Waals surface area contributed by atoms with E-state index in [1.165, 1.54) is 19.2 Å². The number of phenols is 2. The van der Waals surface area contributed by atoms with E-state index < -0.39 is 39.7 Å². The first-order chi connectivity index (χ1) is 14.2. The first-order valence-electron chi connectivity index (χ1n) is 8.36. The summed E-state index contributed by atoms with van der Waals surface area (Å²) >= 11 is 0. The number of aromatic hydroxyl groups is 2. The van der Waals surface area contributed by atoms with E-state index in [0.717, 1.165) is 30.3 Å². The van der Waals surface area contributed by atoms with Crippen LogP contribution in [0.1, 0.15) is 10.4 Å². The fourth-order valence-electron chi connectivity index (χ4n) is 2.76. The summed E-state index contributed by atoms with van der Waals surface area (Å²) in [5, 5.41) is 33.1. The number of rotatable bonds is 5. The molecule has 0 saturated carbocycles. The highest BCUT2D eigenvalue weighted by Gasteiger charge is 2.20. The minimum Gasteiger partial charge on any atom is -0.504 e. The van der Waals surface area contributed by atoms with E-state index in [-0.39, 0.29) is 28.1 Å². The maximum Gasteiger partial charge on any atom is 0.293 e. The van der Waals surface area contributed by atoms with Crippen molar-refractivity contribution in [3.63, 3.8) is 0 Å². The van der Waals surface area contributed by atoms with Crippen molar-refractivity contribution in [2.45, 2.75) is 0 Å². The molecule has 0 bridgehead atoms. The van der Waals surface area contributed by atoms with Gasteiger partial charge in [0.2, 0.25) is 5.75 Å². The van der Waals surface area contributed by atoms with E-state index in [1.54, 1.807) is 0 Å². The summed E-state index contributed by atoms with van der Waals surface area (Å²) in [4.78, 5) is 23.2. The number of benzene rings is 3. The largest absolute Gasteiger partial charge is 0.504 e. The van der Waals surface area contributed by atoms with Gasteiger partial charge in [-0.2, -0.15) is 0 Å². The third kappa shape index (κ3) is 4.12. The summed E-state index contributed by atoms with van der Waals surface area (Å²) in [6.07, 6.45) is 0. The summed E-state index contributed by atoms with van der Waals surface area (Å²) in [7, 11) is 1.22. The van der Waals surface area contributed by atoms with E-state index in [4.69, 9.17) is 4.74 Å². The molecule has 8 nitrogen and oxygen atoms in total. The lowest BCUT2D eigenvalue weighted by atomic mass is 10.0. The van der Waals surface area contributed by atoms with Crippen LogP contribution in [0.5, 0.6) is 17.2 Å². The molecule has 3 rings (SSSR count). The van der Waals surface area contributed by atoms with Crippen molar-refractivity contribution in [1.29, 1.82) is 0 Å². The van der Waals surface area contributed by atoms with Crippen molar-refractivity contribution in [2.24, 2.45) is 0 Å². The summed E-state index contributed by atoms with van der Waals surface area (Å²) in [6.45, 7) is 0. The lowest BCUT2D eigenvalue weighted by Crippen LogP contribution is -2.13. The Hall–Kier alpha value is -4.21. The summed E-state index contributed by atoms with van der Waals surface area (Å²) in [5.41, 5.74) is -0.575. The van der Waals surface area contributed by atoms with Crippen LogP contribution in [0, 0.1) is 21.7 Å². The molecule has 0 atom stereocenters. The molecule has 3 N–H and O–H groups in total. The van der Waals surface area contributed by atoms with E-state index in [9.17, 15) is 33.9 Å². The minimum absolute atomic E-state index is 0.0849. The second-order valence-electron chi connectivity index (χ2n) is 6.15. The molecular formula is C20H14F2N2O6. The van der Waals surface area contributed by atoms with Gasteiger partial charge in [0, 0.05) is 17.7 Å². The number of amides is 1. The first-order valence-corrected chi connectivity index (χ1v) is 8.36. The SMILES string of the molecule is COc1cc(C(=O)Nc2ccc(-c3cc(F)cc(F)c3)cc2[N+](=O)[O-])cc(O)c1O. The number of nitrogens with one attached hydrogen (secondary N) is 1. The number of hydrogen-bond donors (Lipinski definition) is 3. The second kappa shape index (κ2) is 8.03. The Labute approximate surface area is 168 Å². The molecule has 1 amide bonds. The normalized spacial score (nSPS) is 10.5. The summed E-state index contributed by atoms with van der Waals surface area (Å²) in [6, 6.07) is 8.45. The average molecular weight is 416 g/mol. The molecule has 10 heteroatoms. The zero-order valence-corrected chi connectivity index (χ0v) is 15.3. The van der Waals surface area contributed by atoms with Crippen LogP contribution in [0.2, 0.25) is 0 Å². The molecule has 0 unspecified atom stereocenters. The molecule has 0 aliphatic carbocycles. The molecular weight excluding hydrogens is 402 g/mol. The molecule has 0 aliphatic rings. The molecule has 3 aromatic rings. The van der Waals surface area contributed by atoms with Crippen LogP contribution in [0.4, 0.5) is 20.2 Å². The van der Waals surface area contributed by atoms with Crippen LogP contribution in [0.3, 0.4) is 0 Å². The Balaban J connectivity index is 1.97. The number of nitro benzene ring substituents is 1. The number of carbonyl (C=O) groups excluding carboxylic acids is 1. The molecule has 0 saturated heterocycles. The van der Waals surface area contributed by atoms with Gasteiger partial charge in [0.25, 0.3) is 11.6 Å². The fraction of sp³-hybridized carbons (Fsp3) is 0.0500. The molecule has 0 heterocycles. The van der Waals surface area contributed by atoms with Crippen molar-refractivity contribution in [1.82, 2.24) is 0 Å². The predicted octanol–water partition coefficient (Wildman–Crippen LogP) is 4.21. The lowest BCUT2D eigenvalue weighted by molar-refractivity contribution is -0.383.